The lowest BCUT2D eigenvalue weighted by molar-refractivity contribution is 0.560. The predicted molar refractivity (Wildman–Crippen MR) is 96.2 cm³/mol. The standard InChI is InChI=1S/C17H25ClN6/c1-6-8-11-10-12(9-7-2)23(21-11)16-20-19-15-13(18)14(17(3,4)5)22-24(15)16/h10,22H,6-9H2,1-5H3. The number of H-pyrrole nitrogens is 1. The van der Waals surface area contributed by atoms with Gasteiger partial charge >= 0.3 is 0 Å². The second-order valence-corrected chi connectivity index (χ2v) is 7.63. The van der Waals surface area contributed by atoms with Crippen molar-refractivity contribution in [2.75, 3.05) is 0 Å². The lowest BCUT2D eigenvalue weighted by Gasteiger charge is -2.16. The van der Waals surface area contributed by atoms with Gasteiger partial charge < -0.3 is 0 Å². The van der Waals surface area contributed by atoms with Crippen LogP contribution in [0.4, 0.5) is 0 Å². The maximum atomic E-state index is 6.51. The van der Waals surface area contributed by atoms with E-state index in [0.717, 1.165) is 42.8 Å². The highest BCUT2D eigenvalue weighted by atomic mass is 35.5. The molecule has 3 rings (SSSR count). The Morgan fingerprint density at radius 1 is 1.12 bits per heavy atom. The van der Waals surface area contributed by atoms with Gasteiger partial charge in [-0.05, 0) is 18.9 Å². The van der Waals surface area contributed by atoms with Crippen molar-refractivity contribution in [3.63, 3.8) is 0 Å². The summed E-state index contributed by atoms with van der Waals surface area (Å²) in [5.41, 5.74) is 3.74. The molecule has 1 N–H and O–H groups in total. The van der Waals surface area contributed by atoms with Crippen molar-refractivity contribution >= 4 is 17.2 Å². The van der Waals surface area contributed by atoms with E-state index in [1.807, 2.05) is 9.20 Å². The molecular formula is C17H25ClN6. The van der Waals surface area contributed by atoms with Gasteiger partial charge in [-0.25, -0.2) is 4.68 Å². The number of aryl methyl sites for hydroxylation is 2. The lowest BCUT2D eigenvalue weighted by atomic mass is 9.92. The molecule has 0 aliphatic carbocycles. The van der Waals surface area contributed by atoms with Gasteiger partial charge in [0.2, 0.25) is 0 Å². The van der Waals surface area contributed by atoms with Crippen LogP contribution in [-0.4, -0.2) is 29.6 Å². The second kappa shape index (κ2) is 6.24. The van der Waals surface area contributed by atoms with E-state index in [9.17, 15) is 0 Å². The molecule has 130 valence electrons. The van der Waals surface area contributed by atoms with E-state index in [4.69, 9.17) is 16.7 Å². The molecule has 0 saturated heterocycles. The van der Waals surface area contributed by atoms with E-state index in [-0.39, 0.29) is 5.41 Å². The summed E-state index contributed by atoms with van der Waals surface area (Å²) in [4.78, 5) is 0. The highest BCUT2D eigenvalue weighted by molar-refractivity contribution is 6.34. The number of aromatic amines is 1. The van der Waals surface area contributed by atoms with Crippen molar-refractivity contribution in [3.8, 4) is 5.95 Å². The Balaban J connectivity index is 2.16. The molecule has 0 bridgehead atoms. The van der Waals surface area contributed by atoms with E-state index >= 15 is 0 Å². The van der Waals surface area contributed by atoms with Crippen molar-refractivity contribution in [2.24, 2.45) is 0 Å². The summed E-state index contributed by atoms with van der Waals surface area (Å²) < 4.78 is 3.73. The van der Waals surface area contributed by atoms with Crippen LogP contribution in [0.1, 0.15) is 64.5 Å². The molecule has 0 fully saturated rings. The number of fused-ring (bicyclic) bond motifs is 1. The fraction of sp³-hybridized carbons (Fsp3) is 0.588. The van der Waals surface area contributed by atoms with Crippen molar-refractivity contribution < 1.29 is 0 Å². The third kappa shape index (κ3) is 2.83. The first kappa shape index (κ1) is 17.0. The third-order valence-corrected chi connectivity index (χ3v) is 4.43. The Kier molecular flexibility index (Phi) is 4.42. The fourth-order valence-corrected chi connectivity index (χ4v) is 3.34. The monoisotopic (exact) mass is 348 g/mol. The normalized spacial score (nSPS) is 12.4. The van der Waals surface area contributed by atoms with E-state index in [1.165, 1.54) is 0 Å². The molecule has 0 atom stereocenters. The van der Waals surface area contributed by atoms with Crippen LogP contribution < -0.4 is 0 Å². The maximum absolute atomic E-state index is 6.51. The summed E-state index contributed by atoms with van der Waals surface area (Å²) in [6.07, 6.45) is 4.04. The van der Waals surface area contributed by atoms with Crippen LogP contribution in [0.3, 0.4) is 0 Å². The molecule has 7 heteroatoms. The number of halogens is 1. The number of rotatable bonds is 5. The van der Waals surface area contributed by atoms with Gasteiger partial charge in [0.1, 0.15) is 5.02 Å². The summed E-state index contributed by atoms with van der Waals surface area (Å²) in [5, 5.41) is 17.3. The molecule has 0 spiro atoms. The van der Waals surface area contributed by atoms with Gasteiger partial charge in [-0.15, -0.1) is 10.2 Å². The molecule has 0 aromatic carbocycles. The van der Waals surface area contributed by atoms with E-state index in [0.29, 0.717) is 16.6 Å². The first-order chi connectivity index (χ1) is 11.4. The highest BCUT2D eigenvalue weighted by Crippen LogP contribution is 2.31. The molecule has 6 nitrogen and oxygen atoms in total. The van der Waals surface area contributed by atoms with Crippen molar-refractivity contribution in [2.45, 2.75) is 65.7 Å². The molecule has 0 saturated carbocycles. The van der Waals surface area contributed by atoms with Gasteiger partial charge in [-0.3, -0.25) is 5.10 Å². The average Bonchev–Trinajstić information content (AvgIpc) is 3.15. The molecule has 24 heavy (non-hydrogen) atoms. The third-order valence-electron chi connectivity index (χ3n) is 4.07. The van der Waals surface area contributed by atoms with Gasteiger partial charge in [0.05, 0.1) is 11.4 Å². The van der Waals surface area contributed by atoms with Crippen LogP contribution in [0.25, 0.3) is 11.6 Å². The molecule has 3 heterocycles. The first-order valence-corrected chi connectivity index (χ1v) is 8.95. The topological polar surface area (TPSA) is 63.8 Å². The minimum Gasteiger partial charge on any atom is -0.292 e. The summed E-state index contributed by atoms with van der Waals surface area (Å²) in [5.74, 6) is 0.660. The molecule has 0 unspecified atom stereocenters. The van der Waals surface area contributed by atoms with Gasteiger partial charge in [-0.1, -0.05) is 59.1 Å². The number of hydrogen-bond donors (Lipinski definition) is 1. The Bertz CT molecular complexity index is 849. The van der Waals surface area contributed by atoms with Crippen LogP contribution in [0.5, 0.6) is 0 Å². The smallest absolute Gasteiger partial charge is 0.271 e. The molecular weight excluding hydrogens is 324 g/mol. The number of nitrogens with zero attached hydrogens (tertiary/aromatic N) is 5. The van der Waals surface area contributed by atoms with Crippen LogP contribution in [0.15, 0.2) is 6.07 Å². The van der Waals surface area contributed by atoms with E-state index < -0.39 is 0 Å². The molecule has 0 amide bonds. The Morgan fingerprint density at radius 3 is 2.46 bits per heavy atom. The largest absolute Gasteiger partial charge is 0.292 e. The van der Waals surface area contributed by atoms with Gasteiger partial charge in [0, 0.05) is 11.1 Å². The molecule has 3 aromatic rings. The summed E-state index contributed by atoms with van der Waals surface area (Å²) in [6.45, 7) is 10.7. The van der Waals surface area contributed by atoms with Crippen LogP contribution in [-0.2, 0) is 18.3 Å². The first-order valence-electron chi connectivity index (χ1n) is 8.58. The predicted octanol–water partition coefficient (Wildman–Crippen LogP) is 4.10. The van der Waals surface area contributed by atoms with E-state index in [1.54, 1.807) is 0 Å². The quantitative estimate of drug-likeness (QED) is 0.755. The zero-order chi connectivity index (χ0) is 17.5. The van der Waals surface area contributed by atoms with Crippen molar-refractivity contribution in [1.29, 1.82) is 0 Å². The zero-order valence-corrected chi connectivity index (χ0v) is 15.8. The summed E-state index contributed by atoms with van der Waals surface area (Å²) >= 11 is 6.51. The molecule has 0 aliphatic heterocycles. The Hall–Kier alpha value is -1.82. The van der Waals surface area contributed by atoms with Gasteiger partial charge in [0.25, 0.3) is 5.95 Å². The second-order valence-electron chi connectivity index (χ2n) is 7.25. The fourth-order valence-electron chi connectivity index (χ4n) is 2.89. The van der Waals surface area contributed by atoms with Crippen LogP contribution in [0.2, 0.25) is 5.02 Å². The van der Waals surface area contributed by atoms with Crippen LogP contribution >= 0.6 is 11.6 Å². The van der Waals surface area contributed by atoms with Crippen LogP contribution in [0, 0.1) is 0 Å². The number of nitrogens with one attached hydrogen (secondary N) is 1. The molecule has 0 radical (unpaired) electrons. The van der Waals surface area contributed by atoms with Crippen molar-refractivity contribution in [1.82, 2.24) is 29.6 Å². The van der Waals surface area contributed by atoms with Gasteiger partial charge in [0.15, 0.2) is 5.65 Å². The summed E-state index contributed by atoms with van der Waals surface area (Å²) in [7, 11) is 0. The maximum Gasteiger partial charge on any atom is 0.271 e. The molecule has 3 aromatic heterocycles. The minimum absolute atomic E-state index is 0.0984. The summed E-state index contributed by atoms with van der Waals surface area (Å²) in [6, 6.07) is 2.17. The lowest BCUT2D eigenvalue weighted by Crippen LogP contribution is -2.14. The Morgan fingerprint density at radius 2 is 1.83 bits per heavy atom. The van der Waals surface area contributed by atoms with Crippen molar-refractivity contribution in [3.05, 3.63) is 28.2 Å². The van der Waals surface area contributed by atoms with E-state index in [2.05, 4.69) is 56.0 Å². The minimum atomic E-state index is -0.0984. The number of hydrogen-bond acceptors (Lipinski definition) is 3. The average molecular weight is 349 g/mol. The zero-order valence-electron chi connectivity index (χ0n) is 15.0. The molecule has 0 aliphatic rings. The Labute approximate surface area is 147 Å². The van der Waals surface area contributed by atoms with Gasteiger partial charge in [-0.2, -0.15) is 9.61 Å². The SMILES string of the molecule is CCCc1cc(CCC)n(-c2nnc3c(Cl)c(C(C)(C)C)[nH]n23)n1. The number of aromatic nitrogens is 6. The highest BCUT2D eigenvalue weighted by Gasteiger charge is 2.25.